The molecule has 1 heterocycles. The molecule has 0 fully saturated rings. The summed E-state index contributed by atoms with van der Waals surface area (Å²) in [5.74, 6) is 0.325. The van der Waals surface area contributed by atoms with E-state index >= 15 is 0 Å². The number of esters is 1. The van der Waals surface area contributed by atoms with Crippen LogP contribution in [0.4, 0.5) is 5.69 Å². The largest absolute Gasteiger partial charge is 0.453 e. The van der Waals surface area contributed by atoms with E-state index in [1.54, 1.807) is 6.92 Å². The number of carbonyl (C=O) groups excluding carboxylic acids is 2. The zero-order valence-corrected chi connectivity index (χ0v) is 17.8. The highest BCUT2D eigenvalue weighted by atomic mass is 16.5. The monoisotopic (exact) mass is 409 g/mol. The number of rotatable bonds is 7. The van der Waals surface area contributed by atoms with Gasteiger partial charge in [-0.3, -0.25) is 9.59 Å². The molecule has 0 aliphatic heterocycles. The molecule has 30 heavy (non-hydrogen) atoms. The Labute approximate surface area is 175 Å². The molecule has 0 saturated heterocycles. The van der Waals surface area contributed by atoms with Gasteiger partial charge >= 0.3 is 5.97 Å². The summed E-state index contributed by atoms with van der Waals surface area (Å²) < 4.78 is 10.5. The van der Waals surface area contributed by atoms with Crippen LogP contribution < -0.4 is 5.32 Å². The Hall–Kier alpha value is -3.22. The van der Waals surface area contributed by atoms with Gasteiger partial charge in [-0.25, -0.2) is 0 Å². The van der Waals surface area contributed by atoms with E-state index in [1.165, 1.54) is 0 Å². The van der Waals surface area contributed by atoms with Crippen LogP contribution in [0.1, 0.15) is 52.3 Å². The molecule has 0 bridgehead atoms. The molecule has 2 aromatic carbocycles. The van der Waals surface area contributed by atoms with E-state index in [2.05, 4.69) is 15.5 Å². The first kappa shape index (κ1) is 21.5. The first-order valence-electron chi connectivity index (χ1n) is 10.1. The number of nitrogens with one attached hydrogen (secondary N) is 1. The smallest absolute Gasteiger partial charge is 0.306 e. The molecule has 3 rings (SSSR count). The van der Waals surface area contributed by atoms with Crippen LogP contribution in [0.5, 0.6) is 0 Å². The van der Waals surface area contributed by atoms with Gasteiger partial charge in [-0.2, -0.15) is 4.98 Å². The topological polar surface area (TPSA) is 94.3 Å². The van der Waals surface area contributed by atoms with E-state index in [1.807, 2.05) is 63.2 Å². The van der Waals surface area contributed by atoms with Crippen molar-refractivity contribution in [3.8, 4) is 0 Å². The number of amides is 1. The van der Waals surface area contributed by atoms with Gasteiger partial charge in [0.2, 0.25) is 5.89 Å². The summed E-state index contributed by atoms with van der Waals surface area (Å²) in [4.78, 5) is 28.9. The second-order valence-electron chi connectivity index (χ2n) is 8.26. The van der Waals surface area contributed by atoms with Crippen molar-refractivity contribution < 1.29 is 18.8 Å². The molecule has 1 amide bonds. The Kier molecular flexibility index (Phi) is 6.50. The SMILES string of the molecule is CC(OC(=O)CCCc1nc(C(C)(C)C)no1)C(=O)Nc1cccc2ccccc12. The summed E-state index contributed by atoms with van der Waals surface area (Å²) in [5.41, 5.74) is 0.500. The Balaban J connectivity index is 1.48. The molecular weight excluding hydrogens is 382 g/mol. The average molecular weight is 409 g/mol. The minimum atomic E-state index is -0.896. The van der Waals surface area contributed by atoms with E-state index in [9.17, 15) is 9.59 Å². The van der Waals surface area contributed by atoms with Gasteiger partial charge < -0.3 is 14.6 Å². The highest BCUT2D eigenvalue weighted by Gasteiger charge is 2.21. The lowest BCUT2D eigenvalue weighted by molar-refractivity contribution is -0.153. The quantitative estimate of drug-likeness (QED) is 0.581. The third kappa shape index (κ3) is 5.43. The summed E-state index contributed by atoms with van der Waals surface area (Å²) >= 11 is 0. The van der Waals surface area contributed by atoms with Crippen molar-refractivity contribution in [3.63, 3.8) is 0 Å². The number of hydrogen-bond acceptors (Lipinski definition) is 6. The van der Waals surface area contributed by atoms with E-state index in [0.29, 0.717) is 30.2 Å². The van der Waals surface area contributed by atoms with Crippen LogP contribution in [0.2, 0.25) is 0 Å². The number of fused-ring (bicyclic) bond motifs is 1. The predicted molar refractivity (Wildman–Crippen MR) is 114 cm³/mol. The zero-order valence-electron chi connectivity index (χ0n) is 17.8. The first-order valence-corrected chi connectivity index (χ1v) is 10.1. The normalized spacial score (nSPS) is 12.5. The third-order valence-electron chi connectivity index (χ3n) is 4.64. The Morgan fingerprint density at radius 2 is 1.87 bits per heavy atom. The van der Waals surface area contributed by atoms with Crippen LogP contribution in [-0.2, 0) is 26.2 Å². The number of aryl methyl sites for hydroxylation is 1. The number of ether oxygens (including phenoxy) is 1. The van der Waals surface area contributed by atoms with E-state index in [-0.39, 0.29) is 17.7 Å². The second-order valence-corrected chi connectivity index (χ2v) is 8.26. The maximum absolute atomic E-state index is 12.5. The van der Waals surface area contributed by atoms with Gasteiger partial charge in [-0.1, -0.05) is 62.3 Å². The van der Waals surface area contributed by atoms with Crippen LogP contribution >= 0.6 is 0 Å². The van der Waals surface area contributed by atoms with Crippen molar-refractivity contribution in [2.45, 2.75) is 58.5 Å². The molecule has 3 aromatic rings. The molecule has 0 radical (unpaired) electrons. The molecule has 7 heteroatoms. The van der Waals surface area contributed by atoms with Gasteiger partial charge in [0.25, 0.3) is 5.91 Å². The van der Waals surface area contributed by atoms with E-state index in [4.69, 9.17) is 9.26 Å². The van der Waals surface area contributed by atoms with Crippen molar-refractivity contribution in [1.29, 1.82) is 0 Å². The van der Waals surface area contributed by atoms with Crippen LogP contribution in [-0.4, -0.2) is 28.1 Å². The van der Waals surface area contributed by atoms with Gasteiger partial charge in [0, 0.05) is 29.3 Å². The standard InChI is InChI=1S/C23H27N3O4/c1-15(21(28)24-18-12-7-10-16-9-5-6-11-17(16)18)29-20(27)14-8-13-19-25-22(26-30-19)23(2,3)4/h5-7,9-12,15H,8,13-14H2,1-4H3,(H,24,28). The van der Waals surface area contributed by atoms with Crippen LogP contribution in [0, 0.1) is 0 Å². The Bertz CT molecular complexity index is 1030. The van der Waals surface area contributed by atoms with Crippen LogP contribution in [0.25, 0.3) is 10.8 Å². The average Bonchev–Trinajstić information content (AvgIpc) is 3.17. The third-order valence-corrected chi connectivity index (χ3v) is 4.64. The number of hydrogen-bond donors (Lipinski definition) is 1. The zero-order chi connectivity index (χ0) is 21.7. The van der Waals surface area contributed by atoms with Gasteiger partial charge in [0.15, 0.2) is 11.9 Å². The molecule has 1 N–H and O–H groups in total. The molecule has 0 aliphatic carbocycles. The van der Waals surface area contributed by atoms with Crippen LogP contribution in [0.3, 0.4) is 0 Å². The molecule has 158 valence electrons. The molecule has 1 atom stereocenters. The van der Waals surface area contributed by atoms with Gasteiger partial charge in [0.1, 0.15) is 0 Å². The number of benzene rings is 2. The number of nitrogens with zero attached hydrogens (tertiary/aromatic N) is 2. The first-order chi connectivity index (χ1) is 14.2. The van der Waals surface area contributed by atoms with E-state index < -0.39 is 12.1 Å². The fourth-order valence-electron chi connectivity index (χ4n) is 2.92. The van der Waals surface area contributed by atoms with Crippen molar-refractivity contribution >= 4 is 28.3 Å². The Morgan fingerprint density at radius 3 is 2.60 bits per heavy atom. The van der Waals surface area contributed by atoms with Gasteiger partial charge in [0.05, 0.1) is 0 Å². The molecule has 1 aromatic heterocycles. The van der Waals surface area contributed by atoms with Crippen molar-refractivity contribution in [3.05, 3.63) is 54.2 Å². The summed E-state index contributed by atoms with van der Waals surface area (Å²) in [5, 5.41) is 8.76. The van der Waals surface area contributed by atoms with E-state index in [0.717, 1.165) is 10.8 Å². The Morgan fingerprint density at radius 1 is 1.13 bits per heavy atom. The molecule has 0 aliphatic rings. The summed E-state index contributed by atoms with van der Waals surface area (Å²) in [7, 11) is 0. The molecule has 1 unspecified atom stereocenters. The van der Waals surface area contributed by atoms with Crippen molar-refractivity contribution in [2.24, 2.45) is 0 Å². The van der Waals surface area contributed by atoms with Gasteiger partial charge in [-0.15, -0.1) is 0 Å². The molecule has 7 nitrogen and oxygen atoms in total. The lowest BCUT2D eigenvalue weighted by Gasteiger charge is -2.14. The number of aromatic nitrogens is 2. The van der Waals surface area contributed by atoms with Crippen molar-refractivity contribution in [1.82, 2.24) is 10.1 Å². The lowest BCUT2D eigenvalue weighted by Crippen LogP contribution is -2.30. The van der Waals surface area contributed by atoms with Crippen molar-refractivity contribution in [2.75, 3.05) is 5.32 Å². The second kappa shape index (κ2) is 9.07. The highest BCUT2D eigenvalue weighted by molar-refractivity contribution is 6.03. The molecule has 0 spiro atoms. The minimum absolute atomic E-state index is 0.166. The molecule has 0 saturated carbocycles. The van der Waals surface area contributed by atoms with Crippen LogP contribution in [0.15, 0.2) is 47.0 Å². The maximum Gasteiger partial charge on any atom is 0.306 e. The number of anilines is 1. The summed E-state index contributed by atoms with van der Waals surface area (Å²) in [6.45, 7) is 7.57. The predicted octanol–water partition coefficient (Wildman–Crippen LogP) is 4.41. The molecular formula is C23H27N3O4. The highest BCUT2D eigenvalue weighted by Crippen LogP contribution is 2.23. The summed E-state index contributed by atoms with van der Waals surface area (Å²) in [6.07, 6.45) is 0.253. The minimum Gasteiger partial charge on any atom is -0.453 e. The maximum atomic E-state index is 12.5. The number of carbonyl (C=O) groups is 2. The fourth-order valence-corrected chi connectivity index (χ4v) is 2.92. The summed E-state index contributed by atoms with van der Waals surface area (Å²) in [6, 6.07) is 13.4. The fraction of sp³-hybridized carbons (Fsp3) is 0.391. The van der Waals surface area contributed by atoms with Gasteiger partial charge in [-0.05, 0) is 24.8 Å². The lowest BCUT2D eigenvalue weighted by atomic mass is 9.96.